The average molecular weight is 476 g/mol. The second-order valence-electron chi connectivity index (χ2n) is 7.04. The van der Waals surface area contributed by atoms with Gasteiger partial charge in [0.15, 0.2) is 5.11 Å². The molecule has 1 saturated heterocycles. The van der Waals surface area contributed by atoms with Crippen LogP contribution in [0.3, 0.4) is 0 Å². The fraction of sp³-hybridized carbons (Fsp3) is 0.364. The molecule has 0 aliphatic carbocycles. The molecule has 0 spiro atoms. The monoisotopic (exact) mass is 475 g/mol. The zero-order valence-electron chi connectivity index (χ0n) is 16.5. The summed E-state index contributed by atoms with van der Waals surface area (Å²) >= 11 is 8.78. The molecule has 1 fully saturated rings. The van der Waals surface area contributed by atoms with Crippen molar-refractivity contribution in [3.63, 3.8) is 0 Å². The molecule has 154 valence electrons. The average Bonchev–Trinajstić information content (AvgIpc) is 2.71. The Labute approximate surface area is 185 Å². The molecule has 1 amide bonds. The van der Waals surface area contributed by atoms with Gasteiger partial charge in [-0.15, -0.1) is 0 Å². The van der Waals surface area contributed by atoms with E-state index in [2.05, 4.69) is 55.7 Å². The number of carbonyl (C=O) groups excluding carboxylic acids is 1. The van der Waals surface area contributed by atoms with Crippen LogP contribution in [-0.4, -0.2) is 41.7 Å². The van der Waals surface area contributed by atoms with Crippen molar-refractivity contribution in [1.82, 2.24) is 15.5 Å². The molecule has 2 N–H and O–H groups in total. The maximum atomic E-state index is 12.7. The highest BCUT2D eigenvalue weighted by Gasteiger charge is 2.21. The molecular formula is C22H26BrN3O2S. The number of hydrogen-bond acceptors (Lipinski definition) is 4. The fourth-order valence-electron chi connectivity index (χ4n) is 3.43. The van der Waals surface area contributed by atoms with Crippen molar-refractivity contribution < 1.29 is 9.53 Å². The van der Waals surface area contributed by atoms with Crippen molar-refractivity contribution in [2.75, 3.05) is 19.7 Å². The lowest BCUT2D eigenvalue weighted by Crippen LogP contribution is -2.48. The topological polar surface area (TPSA) is 53.6 Å². The quantitative estimate of drug-likeness (QED) is 0.615. The third-order valence-electron chi connectivity index (χ3n) is 4.88. The van der Waals surface area contributed by atoms with Gasteiger partial charge in [-0.2, -0.15) is 0 Å². The molecule has 3 rings (SSSR count). The first kappa shape index (κ1) is 21.7. The molecule has 1 heterocycles. The molecular weight excluding hydrogens is 450 g/mol. The van der Waals surface area contributed by atoms with Crippen LogP contribution in [0.15, 0.2) is 53.0 Å². The summed E-state index contributed by atoms with van der Waals surface area (Å²) in [5.74, 6) is 0.277. The number of carbonyl (C=O) groups is 1. The minimum absolute atomic E-state index is 0.267. The minimum atomic E-state index is -0.270. The van der Waals surface area contributed by atoms with Crippen LogP contribution in [0.5, 0.6) is 5.75 Å². The highest BCUT2D eigenvalue weighted by Crippen LogP contribution is 2.23. The van der Waals surface area contributed by atoms with Gasteiger partial charge in [-0.05, 0) is 55.7 Å². The number of halogens is 1. The summed E-state index contributed by atoms with van der Waals surface area (Å²) in [6.07, 6.45) is 1.98. The summed E-state index contributed by atoms with van der Waals surface area (Å²) in [4.78, 5) is 15.1. The van der Waals surface area contributed by atoms with Gasteiger partial charge in [0, 0.05) is 30.1 Å². The third-order valence-corrected chi connectivity index (χ3v) is 5.60. The lowest BCUT2D eigenvalue weighted by atomic mass is 10.0. The van der Waals surface area contributed by atoms with Gasteiger partial charge in [-0.3, -0.25) is 15.0 Å². The zero-order chi connectivity index (χ0) is 20.6. The van der Waals surface area contributed by atoms with E-state index in [9.17, 15) is 4.79 Å². The van der Waals surface area contributed by atoms with Crippen LogP contribution >= 0.6 is 28.1 Å². The lowest BCUT2D eigenvalue weighted by Gasteiger charge is -2.32. The fourth-order valence-corrected chi connectivity index (χ4v) is 4.05. The zero-order valence-corrected chi connectivity index (χ0v) is 18.9. The van der Waals surface area contributed by atoms with E-state index in [0.29, 0.717) is 23.0 Å². The summed E-state index contributed by atoms with van der Waals surface area (Å²) in [7, 11) is 0. The number of amides is 1. The number of hydrogen-bond donors (Lipinski definition) is 2. The molecule has 0 saturated carbocycles. The van der Waals surface area contributed by atoms with E-state index in [-0.39, 0.29) is 11.9 Å². The molecule has 1 aliphatic heterocycles. The molecule has 0 bridgehead atoms. The molecule has 0 atom stereocenters. The first-order valence-corrected chi connectivity index (χ1v) is 11.1. The first-order chi connectivity index (χ1) is 14.0. The van der Waals surface area contributed by atoms with Crippen LogP contribution in [0.2, 0.25) is 0 Å². The predicted molar refractivity (Wildman–Crippen MR) is 123 cm³/mol. The van der Waals surface area contributed by atoms with Crippen molar-refractivity contribution in [2.45, 2.75) is 32.4 Å². The maximum absolute atomic E-state index is 12.7. The Morgan fingerprint density at radius 3 is 2.62 bits per heavy atom. The van der Waals surface area contributed by atoms with Gasteiger partial charge in [-0.25, -0.2) is 0 Å². The number of ether oxygens (including phenoxy) is 1. The highest BCUT2D eigenvalue weighted by molar-refractivity contribution is 9.10. The smallest absolute Gasteiger partial charge is 0.261 e. The van der Waals surface area contributed by atoms with E-state index in [0.717, 1.165) is 36.9 Å². The molecule has 2 aromatic carbocycles. The lowest BCUT2D eigenvalue weighted by molar-refractivity contribution is 0.0972. The Hall–Kier alpha value is -1.96. The van der Waals surface area contributed by atoms with Crippen LogP contribution in [0, 0.1) is 0 Å². The van der Waals surface area contributed by atoms with Gasteiger partial charge in [0.25, 0.3) is 5.91 Å². The molecule has 5 nitrogen and oxygen atoms in total. The van der Waals surface area contributed by atoms with Gasteiger partial charge >= 0.3 is 0 Å². The maximum Gasteiger partial charge on any atom is 0.261 e. The van der Waals surface area contributed by atoms with Gasteiger partial charge in [0.05, 0.1) is 12.2 Å². The molecule has 0 radical (unpaired) electrons. The standard InChI is InChI=1S/C22H26BrN3O2S/c1-2-28-20-9-8-17(23)14-19(20)21(27)25-22(29)24-18-10-12-26(13-11-18)15-16-6-4-3-5-7-16/h3-9,14,18H,2,10-13,15H2,1H3,(H2,24,25,27,29). The Morgan fingerprint density at radius 2 is 1.93 bits per heavy atom. The number of thiocarbonyl (C=S) groups is 1. The largest absolute Gasteiger partial charge is 0.493 e. The SMILES string of the molecule is CCOc1ccc(Br)cc1C(=O)NC(=S)NC1CCN(Cc2ccccc2)CC1. The van der Waals surface area contributed by atoms with E-state index in [1.165, 1.54) is 5.56 Å². The van der Waals surface area contributed by atoms with Gasteiger partial charge in [-0.1, -0.05) is 46.3 Å². The van der Waals surface area contributed by atoms with Gasteiger partial charge in [0.1, 0.15) is 5.75 Å². The Kier molecular flexibility index (Phi) is 8.03. The third kappa shape index (κ3) is 6.52. The van der Waals surface area contributed by atoms with Crippen molar-refractivity contribution in [3.05, 3.63) is 64.1 Å². The number of nitrogens with one attached hydrogen (secondary N) is 2. The highest BCUT2D eigenvalue weighted by atomic mass is 79.9. The number of rotatable bonds is 6. The first-order valence-electron chi connectivity index (χ1n) is 9.85. The Balaban J connectivity index is 1.48. The molecule has 0 aromatic heterocycles. The Bertz CT molecular complexity index is 839. The number of piperidine rings is 1. The van der Waals surface area contributed by atoms with E-state index in [1.807, 2.05) is 19.1 Å². The molecule has 29 heavy (non-hydrogen) atoms. The van der Waals surface area contributed by atoms with E-state index < -0.39 is 0 Å². The van der Waals surface area contributed by atoms with Crippen LogP contribution in [0.25, 0.3) is 0 Å². The van der Waals surface area contributed by atoms with Crippen molar-refractivity contribution >= 4 is 39.2 Å². The van der Waals surface area contributed by atoms with Crippen LogP contribution in [0.1, 0.15) is 35.7 Å². The molecule has 2 aromatic rings. The molecule has 1 aliphatic rings. The van der Waals surface area contributed by atoms with E-state index in [1.54, 1.807) is 12.1 Å². The van der Waals surface area contributed by atoms with Gasteiger partial charge < -0.3 is 10.1 Å². The van der Waals surface area contributed by atoms with E-state index in [4.69, 9.17) is 17.0 Å². The van der Waals surface area contributed by atoms with Gasteiger partial charge in [0.2, 0.25) is 0 Å². The molecule has 0 unspecified atom stereocenters. The predicted octanol–water partition coefficient (Wildman–Crippen LogP) is 4.12. The Morgan fingerprint density at radius 1 is 1.21 bits per heavy atom. The summed E-state index contributed by atoms with van der Waals surface area (Å²) in [5.41, 5.74) is 1.80. The van der Waals surface area contributed by atoms with Crippen LogP contribution in [0.4, 0.5) is 0 Å². The normalized spacial score (nSPS) is 15.0. The summed E-state index contributed by atoms with van der Waals surface area (Å²) in [5, 5.41) is 6.44. The summed E-state index contributed by atoms with van der Waals surface area (Å²) < 4.78 is 6.37. The van der Waals surface area contributed by atoms with Crippen LogP contribution < -0.4 is 15.4 Å². The van der Waals surface area contributed by atoms with Crippen molar-refractivity contribution in [2.24, 2.45) is 0 Å². The number of likely N-dealkylation sites (tertiary alicyclic amines) is 1. The number of benzene rings is 2. The summed E-state index contributed by atoms with van der Waals surface area (Å²) in [6, 6.07) is 16.2. The van der Waals surface area contributed by atoms with Crippen LogP contribution in [-0.2, 0) is 6.54 Å². The van der Waals surface area contributed by atoms with Crippen molar-refractivity contribution in [3.8, 4) is 5.75 Å². The molecule has 7 heteroatoms. The summed E-state index contributed by atoms with van der Waals surface area (Å²) in [6.45, 7) is 5.36. The second-order valence-corrected chi connectivity index (χ2v) is 8.36. The van der Waals surface area contributed by atoms with E-state index >= 15 is 0 Å². The number of nitrogens with zero attached hydrogens (tertiary/aromatic N) is 1. The second kappa shape index (κ2) is 10.7. The van der Waals surface area contributed by atoms with Crippen molar-refractivity contribution in [1.29, 1.82) is 0 Å². The minimum Gasteiger partial charge on any atom is -0.493 e.